The molecule has 0 radical (unpaired) electrons. The van der Waals surface area contributed by atoms with Crippen LogP contribution in [0.4, 0.5) is 8.78 Å². The highest BCUT2D eigenvalue weighted by Gasteiger charge is 2.14. The van der Waals surface area contributed by atoms with Crippen molar-refractivity contribution in [2.75, 3.05) is 0 Å². The molecular weight excluding hydrogens is 217 g/mol. The Hall–Kier alpha value is -0.790. The van der Waals surface area contributed by atoms with Crippen LogP contribution in [-0.4, -0.2) is 17.6 Å². The molecule has 1 aromatic carbocycles. The number of allylic oxidation sites excluding steroid dienone is 1. The van der Waals surface area contributed by atoms with Crippen molar-refractivity contribution in [2.24, 2.45) is 0 Å². The van der Waals surface area contributed by atoms with E-state index in [0.29, 0.717) is 5.57 Å². The molecule has 0 aromatic heterocycles. The van der Waals surface area contributed by atoms with Gasteiger partial charge in [0, 0.05) is 0 Å². The van der Waals surface area contributed by atoms with E-state index in [4.69, 9.17) is 5.11 Å². The van der Waals surface area contributed by atoms with Crippen LogP contribution in [0, 0.1) is 0 Å². The molecule has 82 valence electrons. The van der Waals surface area contributed by atoms with Gasteiger partial charge in [0.1, 0.15) is 6.10 Å². The molecule has 0 bridgehead atoms. The van der Waals surface area contributed by atoms with Gasteiger partial charge in [-0.3, -0.25) is 0 Å². The first-order chi connectivity index (χ1) is 7.02. The average Bonchev–Trinajstić information content (AvgIpc) is 2.18. The maximum absolute atomic E-state index is 12.1. The Balaban J connectivity index is 2.94. The molecule has 2 atom stereocenters. The van der Waals surface area contributed by atoms with E-state index in [1.165, 1.54) is 6.08 Å². The number of hydrogen-bond donors (Lipinski definition) is 1. The second kappa shape index (κ2) is 5.34. The van der Waals surface area contributed by atoms with Gasteiger partial charge in [0.15, 0.2) is 0 Å². The monoisotopic (exact) mass is 230 g/mol. The minimum Gasteiger partial charge on any atom is -0.383 e. The number of rotatable bonds is 3. The zero-order valence-electron chi connectivity index (χ0n) is 8.32. The molecule has 0 spiro atoms. The smallest absolute Gasteiger partial charge is 0.267 e. The van der Waals surface area contributed by atoms with E-state index >= 15 is 0 Å². The summed E-state index contributed by atoms with van der Waals surface area (Å²) in [5.41, 5.74) is 1.50. The first-order valence-corrected chi connectivity index (χ1v) is 5.09. The first-order valence-electron chi connectivity index (χ1n) is 4.52. The predicted molar refractivity (Wildman–Crippen MR) is 61.4 cm³/mol. The number of aliphatic hydroxyl groups is 1. The Labute approximate surface area is 90.0 Å². The molecule has 15 heavy (non-hydrogen) atoms. The topological polar surface area (TPSA) is 20.2 Å². The fourth-order valence-corrected chi connectivity index (χ4v) is 1.71. The number of aliphatic hydroxyl groups excluding tert-OH is 1. The zero-order valence-corrected chi connectivity index (χ0v) is 9.48. The molecule has 0 saturated carbocycles. The lowest BCUT2D eigenvalue weighted by Gasteiger charge is -2.08. The normalized spacial score (nSPS) is 14.4. The Morgan fingerprint density at radius 1 is 1.40 bits per heavy atom. The van der Waals surface area contributed by atoms with Gasteiger partial charge in [-0.25, -0.2) is 8.78 Å². The van der Waals surface area contributed by atoms with Crippen LogP contribution in [0.1, 0.15) is 12.5 Å². The number of halogens is 2. The Morgan fingerprint density at radius 2 is 2.00 bits per heavy atom. The molecule has 4 heteroatoms. The molecule has 1 nitrogen and oxygen atoms in total. The van der Waals surface area contributed by atoms with E-state index in [0.717, 1.165) is 10.9 Å². The van der Waals surface area contributed by atoms with Gasteiger partial charge in [0.2, 0.25) is 0 Å². The van der Waals surface area contributed by atoms with Crippen LogP contribution >= 0.6 is 9.24 Å². The quantitative estimate of drug-likeness (QED) is 0.789. The third-order valence-electron chi connectivity index (χ3n) is 2.06. The molecule has 2 unspecified atom stereocenters. The van der Waals surface area contributed by atoms with Gasteiger partial charge in [-0.05, 0) is 29.4 Å². The van der Waals surface area contributed by atoms with E-state index in [2.05, 4.69) is 9.24 Å². The van der Waals surface area contributed by atoms with E-state index in [1.807, 2.05) is 24.3 Å². The highest BCUT2D eigenvalue weighted by Crippen LogP contribution is 2.16. The van der Waals surface area contributed by atoms with E-state index < -0.39 is 12.5 Å². The van der Waals surface area contributed by atoms with Crippen LogP contribution in [0.25, 0.3) is 5.57 Å². The fourth-order valence-electron chi connectivity index (χ4n) is 1.27. The summed E-state index contributed by atoms with van der Waals surface area (Å²) in [6.07, 6.45) is -3.26. The van der Waals surface area contributed by atoms with Gasteiger partial charge in [-0.2, -0.15) is 0 Å². The fraction of sp³-hybridized carbons (Fsp3) is 0.273. The summed E-state index contributed by atoms with van der Waals surface area (Å²) in [4.78, 5) is 0. The minimum atomic E-state index is -2.74. The van der Waals surface area contributed by atoms with Gasteiger partial charge >= 0.3 is 0 Å². The van der Waals surface area contributed by atoms with Gasteiger partial charge in [0.05, 0.1) is 0 Å². The molecule has 0 amide bonds. The Bertz CT molecular complexity index is 363. The summed E-state index contributed by atoms with van der Waals surface area (Å²) in [5, 5.41) is 9.94. The van der Waals surface area contributed by atoms with Crippen molar-refractivity contribution in [3.63, 3.8) is 0 Å². The van der Waals surface area contributed by atoms with Gasteiger partial charge in [-0.15, -0.1) is 9.24 Å². The predicted octanol–water partition coefficient (Wildman–Crippen LogP) is 2.22. The van der Waals surface area contributed by atoms with Gasteiger partial charge in [-0.1, -0.05) is 24.3 Å². The number of alkyl halides is 2. The van der Waals surface area contributed by atoms with Crippen LogP contribution in [0.15, 0.2) is 30.3 Å². The molecule has 1 N–H and O–H groups in total. The zero-order chi connectivity index (χ0) is 11.4. The van der Waals surface area contributed by atoms with E-state index in [-0.39, 0.29) is 0 Å². The van der Waals surface area contributed by atoms with Gasteiger partial charge < -0.3 is 5.11 Å². The van der Waals surface area contributed by atoms with Crippen molar-refractivity contribution in [1.29, 1.82) is 0 Å². The van der Waals surface area contributed by atoms with Crippen LogP contribution in [0.2, 0.25) is 0 Å². The second-order valence-electron chi connectivity index (χ2n) is 3.26. The molecule has 0 aliphatic carbocycles. The summed E-state index contributed by atoms with van der Waals surface area (Å²) in [6, 6.07) is 7.39. The highest BCUT2D eigenvalue weighted by molar-refractivity contribution is 7.27. The Kier molecular flexibility index (Phi) is 4.37. The molecule has 1 rings (SSSR count). The molecule has 0 aliphatic rings. The third-order valence-corrected chi connectivity index (χ3v) is 2.57. The van der Waals surface area contributed by atoms with Crippen molar-refractivity contribution < 1.29 is 13.9 Å². The minimum absolute atomic E-state index is 0.647. The summed E-state index contributed by atoms with van der Waals surface area (Å²) in [5.74, 6) is 0. The second-order valence-corrected chi connectivity index (χ2v) is 3.88. The molecule has 0 saturated heterocycles. The van der Waals surface area contributed by atoms with Crippen LogP contribution in [0.3, 0.4) is 0 Å². The third kappa shape index (κ3) is 3.37. The molecule has 1 aromatic rings. The average molecular weight is 230 g/mol. The highest BCUT2D eigenvalue weighted by atomic mass is 31.0. The van der Waals surface area contributed by atoms with Crippen molar-refractivity contribution in [1.82, 2.24) is 0 Å². The number of hydrogen-bond acceptors (Lipinski definition) is 1. The lowest BCUT2D eigenvalue weighted by molar-refractivity contribution is 0.0244. The van der Waals surface area contributed by atoms with Crippen LogP contribution < -0.4 is 5.30 Å². The van der Waals surface area contributed by atoms with Crippen molar-refractivity contribution in [3.05, 3.63) is 35.9 Å². The molecular formula is C11H13F2OP. The lowest BCUT2D eigenvalue weighted by atomic mass is 10.1. The van der Waals surface area contributed by atoms with E-state index in [9.17, 15) is 8.78 Å². The molecule has 0 heterocycles. The molecule has 0 fully saturated rings. The number of benzene rings is 1. The summed E-state index contributed by atoms with van der Waals surface area (Å²) in [6.45, 7) is 1.70. The summed E-state index contributed by atoms with van der Waals surface area (Å²) in [7, 11) is 2.53. The standard InChI is InChI=1S/C11H13F2OP/c1-7(6-9(14)11(12)13)8-4-2-3-5-10(8)15/h2-6,9,11,14H,15H2,1H3/b7-6+. The maximum Gasteiger partial charge on any atom is 0.267 e. The Morgan fingerprint density at radius 3 is 2.53 bits per heavy atom. The molecule has 0 aliphatic heterocycles. The van der Waals surface area contributed by atoms with Crippen molar-refractivity contribution in [2.45, 2.75) is 19.5 Å². The SMILES string of the molecule is C/C(=C\C(O)C(F)F)c1ccccc1P. The van der Waals surface area contributed by atoms with Crippen molar-refractivity contribution >= 4 is 20.1 Å². The van der Waals surface area contributed by atoms with Crippen LogP contribution in [0.5, 0.6) is 0 Å². The summed E-state index contributed by atoms with van der Waals surface area (Å²) >= 11 is 0. The first kappa shape index (κ1) is 12.3. The van der Waals surface area contributed by atoms with Crippen LogP contribution in [-0.2, 0) is 0 Å². The maximum atomic E-state index is 12.1. The van der Waals surface area contributed by atoms with Crippen molar-refractivity contribution in [3.8, 4) is 0 Å². The lowest BCUT2D eigenvalue weighted by Crippen LogP contribution is -2.14. The largest absolute Gasteiger partial charge is 0.383 e. The van der Waals surface area contributed by atoms with Gasteiger partial charge in [0.25, 0.3) is 6.43 Å². The summed E-state index contributed by atoms with van der Waals surface area (Å²) < 4.78 is 24.2. The van der Waals surface area contributed by atoms with E-state index in [1.54, 1.807) is 6.92 Å².